The summed E-state index contributed by atoms with van der Waals surface area (Å²) in [6.45, 7) is -2.48. The summed E-state index contributed by atoms with van der Waals surface area (Å²) in [5.41, 5.74) is 1.54. The van der Waals surface area contributed by atoms with Crippen LogP contribution in [0.25, 0.3) is 5.65 Å². The van der Waals surface area contributed by atoms with Gasteiger partial charge in [-0.15, -0.1) is 10.2 Å². The number of hydrogen-bond acceptors (Lipinski definition) is 5. The molecule has 3 aromatic rings. The van der Waals surface area contributed by atoms with Gasteiger partial charge in [0.05, 0.1) is 5.75 Å². The van der Waals surface area contributed by atoms with E-state index in [-0.39, 0.29) is 17.4 Å². The standard InChI is InChI=1S/C17H16F2N4O2S/c1-22(10-12-5-7-13(8-6-12)25-16(18)19)15(24)11-26-17-21-20-14-4-2-3-9-23(14)17/h2-9,16H,10-11H2,1H3. The van der Waals surface area contributed by atoms with Crippen molar-refractivity contribution in [1.82, 2.24) is 19.5 Å². The minimum atomic E-state index is -2.85. The molecule has 0 atom stereocenters. The normalized spacial score (nSPS) is 11.1. The summed E-state index contributed by atoms with van der Waals surface area (Å²) < 4.78 is 30.4. The average Bonchev–Trinajstić information content (AvgIpc) is 3.04. The molecule has 3 rings (SSSR count). The van der Waals surface area contributed by atoms with Crippen LogP contribution in [0.1, 0.15) is 5.56 Å². The third-order valence-corrected chi connectivity index (χ3v) is 4.53. The topological polar surface area (TPSA) is 59.7 Å². The number of halogens is 2. The Labute approximate surface area is 152 Å². The van der Waals surface area contributed by atoms with Gasteiger partial charge in [0.15, 0.2) is 10.8 Å². The molecule has 2 aromatic heterocycles. The van der Waals surface area contributed by atoms with Crippen LogP contribution in [0.2, 0.25) is 0 Å². The highest BCUT2D eigenvalue weighted by Gasteiger charge is 2.13. The molecule has 0 unspecified atom stereocenters. The van der Waals surface area contributed by atoms with Crippen LogP contribution in [0.5, 0.6) is 5.75 Å². The van der Waals surface area contributed by atoms with Crippen molar-refractivity contribution < 1.29 is 18.3 Å². The van der Waals surface area contributed by atoms with Crippen LogP contribution < -0.4 is 4.74 Å². The van der Waals surface area contributed by atoms with Crippen molar-refractivity contribution in [2.24, 2.45) is 0 Å². The number of pyridine rings is 1. The molecule has 9 heteroatoms. The van der Waals surface area contributed by atoms with E-state index in [0.29, 0.717) is 11.7 Å². The number of nitrogens with zero attached hydrogens (tertiary/aromatic N) is 4. The minimum absolute atomic E-state index is 0.0735. The monoisotopic (exact) mass is 378 g/mol. The van der Waals surface area contributed by atoms with Crippen LogP contribution in [-0.2, 0) is 11.3 Å². The second kappa shape index (κ2) is 8.13. The molecule has 1 aromatic carbocycles. The van der Waals surface area contributed by atoms with Gasteiger partial charge in [0.2, 0.25) is 5.91 Å². The number of amides is 1. The molecular formula is C17H16F2N4O2S. The lowest BCUT2D eigenvalue weighted by atomic mass is 10.2. The van der Waals surface area contributed by atoms with E-state index >= 15 is 0 Å². The number of carbonyl (C=O) groups is 1. The van der Waals surface area contributed by atoms with Crippen molar-refractivity contribution >= 4 is 23.3 Å². The highest BCUT2D eigenvalue weighted by atomic mass is 32.2. The summed E-state index contributed by atoms with van der Waals surface area (Å²) in [5, 5.41) is 8.76. The molecule has 0 bridgehead atoms. The molecule has 0 N–H and O–H groups in total. The minimum Gasteiger partial charge on any atom is -0.435 e. The number of thioether (sulfide) groups is 1. The molecule has 0 aliphatic rings. The zero-order valence-electron chi connectivity index (χ0n) is 13.9. The second-order valence-corrected chi connectivity index (χ2v) is 6.41. The van der Waals surface area contributed by atoms with Gasteiger partial charge < -0.3 is 9.64 Å². The largest absolute Gasteiger partial charge is 0.435 e. The SMILES string of the molecule is CN(Cc1ccc(OC(F)F)cc1)C(=O)CSc1nnc2ccccn12. The molecule has 0 saturated heterocycles. The predicted molar refractivity (Wildman–Crippen MR) is 93.3 cm³/mol. The maximum Gasteiger partial charge on any atom is 0.387 e. The first-order valence-electron chi connectivity index (χ1n) is 7.73. The Hall–Kier alpha value is -2.68. The lowest BCUT2D eigenvalue weighted by molar-refractivity contribution is -0.127. The zero-order chi connectivity index (χ0) is 18.5. The van der Waals surface area contributed by atoms with Crippen LogP contribution in [0, 0.1) is 0 Å². The van der Waals surface area contributed by atoms with Crippen molar-refractivity contribution in [1.29, 1.82) is 0 Å². The van der Waals surface area contributed by atoms with Crippen molar-refractivity contribution in [2.45, 2.75) is 18.3 Å². The fourth-order valence-electron chi connectivity index (χ4n) is 2.29. The molecule has 6 nitrogen and oxygen atoms in total. The van der Waals surface area contributed by atoms with Crippen LogP contribution in [-0.4, -0.2) is 44.8 Å². The number of rotatable bonds is 7. The number of fused-ring (bicyclic) bond motifs is 1. The second-order valence-electron chi connectivity index (χ2n) is 5.47. The summed E-state index contributed by atoms with van der Waals surface area (Å²) >= 11 is 1.31. The molecule has 0 fully saturated rings. The quantitative estimate of drug-likeness (QED) is 0.592. The zero-order valence-corrected chi connectivity index (χ0v) is 14.7. The van der Waals surface area contributed by atoms with E-state index in [4.69, 9.17) is 0 Å². The molecule has 0 aliphatic heterocycles. The van der Waals surface area contributed by atoms with Crippen molar-refractivity contribution in [3.8, 4) is 5.75 Å². The molecule has 2 heterocycles. The van der Waals surface area contributed by atoms with Gasteiger partial charge in [-0.2, -0.15) is 8.78 Å². The number of carbonyl (C=O) groups excluding carboxylic acids is 1. The van der Waals surface area contributed by atoms with Crippen LogP contribution in [0.3, 0.4) is 0 Å². The fourth-order valence-corrected chi connectivity index (χ4v) is 3.16. The fraction of sp³-hybridized carbons (Fsp3) is 0.235. The van der Waals surface area contributed by atoms with Gasteiger partial charge in [0, 0.05) is 19.8 Å². The third-order valence-electron chi connectivity index (χ3n) is 3.60. The lowest BCUT2D eigenvalue weighted by Crippen LogP contribution is -2.27. The highest BCUT2D eigenvalue weighted by molar-refractivity contribution is 7.99. The first kappa shape index (κ1) is 18.1. The van der Waals surface area contributed by atoms with Gasteiger partial charge in [-0.05, 0) is 29.8 Å². The number of hydrogen-bond donors (Lipinski definition) is 0. The van der Waals surface area contributed by atoms with E-state index < -0.39 is 6.61 Å². The Kier molecular flexibility index (Phi) is 5.67. The molecule has 136 valence electrons. The van der Waals surface area contributed by atoms with Crippen LogP contribution in [0.4, 0.5) is 8.78 Å². The number of benzene rings is 1. The average molecular weight is 378 g/mol. The first-order valence-corrected chi connectivity index (χ1v) is 8.72. The van der Waals surface area contributed by atoms with E-state index in [9.17, 15) is 13.6 Å². The smallest absolute Gasteiger partial charge is 0.387 e. The van der Waals surface area contributed by atoms with Gasteiger partial charge in [0.1, 0.15) is 5.75 Å². The maximum absolute atomic E-state index is 12.3. The van der Waals surface area contributed by atoms with Gasteiger partial charge in [-0.25, -0.2) is 0 Å². The van der Waals surface area contributed by atoms with Gasteiger partial charge >= 0.3 is 6.61 Å². The Morgan fingerprint density at radius 2 is 2.00 bits per heavy atom. The Morgan fingerprint density at radius 1 is 1.23 bits per heavy atom. The van der Waals surface area contributed by atoms with E-state index in [1.807, 2.05) is 28.8 Å². The van der Waals surface area contributed by atoms with Crippen LogP contribution >= 0.6 is 11.8 Å². The van der Waals surface area contributed by atoms with Gasteiger partial charge in [-0.3, -0.25) is 9.20 Å². The van der Waals surface area contributed by atoms with E-state index in [1.165, 1.54) is 23.9 Å². The molecule has 0 aliphatic carbocycles. The van der Waals surface area contributed by atoms with E-state index in [2.05, 4.69) is 14.9 Å². The maximum atomic E-state index is 12.3. The summed E-state index contributed by atoms with van der Waals surface area (Å²) in [5.74, 6) is 0.237. The first-order chi connectivity index (χ1) is 12.5. The molecule has 0 radical (unpaired) electrons. The van der Waals surface area contributed by atoms with E-state index in [1.54, 1.807) is 24.1 Å². The predicted octanol–water partition coefficient (Wildman–Crippen LogP) is 3.08. The van der Waals surface area contributed by atoms with Gasteiger partial charge in [-0.1, -0.05) is 30.0 Å². The van der Waals surface area contributed by atoms with Crippen molar-refractivity contribution in [2.75, 3.05) is 12.8 Å². The number of ether oxygens (including phenoxy) is 1. The summed E-state index contributed by atoms with van der Waals surface area (Å²) in [6.07, 6.45) is 1.84. The Balaban J connectivity index is 1.54. The van der Waals surface area contributed by atoms with Gasteiger partial charge in [0.25, 0.3) is 0 Å². The van der Waals surface area contributed by atoms with Crippen LogP contribution in [0.15, 0.2) is 53.8 Å². The molecule has 0 spiro atoms. The van der Waals surface area contributed by atoms with Crippen molar-refractivity contribution in [3.05, 3.63) is 54.2 Å². The molecule has 0 saturated carbocycles. The Morgan fingerprint density at radius 3 is 2.73 bits per heavy atom. The summed E-state index contributed by atoms with van der Waals surface area (Å²) in [4.78, 5) is 13.9. The number of aromatic nitrogens is 3. The van der Waals surface area contributed by atoms with Crippen molar-refractivity contribution in [3.63, 3.8) is 0 Å². The molecular weight excluding hydrogens is 362 g/mol. The summed E-state index contributed by atoms with van der Waals surface area (Å²) in [6, 6.07) is 11.8. The highest BCUT2D eigenvalue weighted by Crippen LogP contribution is 2.18. The number of alkyl halides is 2. The third kappa shape index (κ3) is 4.48. The Bertz CT molecular complexity index is 886. The summed E-state index contributed by atoms with van der Waals surface area (Å²) in [7, 11) is 1.69. The van der Waals surface area contributed by atoms with E-state index in [0.717, 1.165) is 11.2 Å². The lowest BCUT2D eigenvalue weighted by Gasteiger charge is -2.17. The molecule has 26 heavy (non-hydrogen) atoms. The molecule has 1 amide bonds.